The van der Waals surface area contributed by atoms with Crippen molar-refractivity contribution in [1.29, 1.82) is 0 Å². The molecule has 3 aromatic carbocycles. The first kappa shape index (κ1) is 22.1. The molecule has 33 heavy (non-hydrogen) atoms. The summed E-state index contributed by atoms with van der Waals surface area (Å²) in [6.07, 6.45) is 0. The van der Waals surface area contributed by atoms with E-state index in [1.165, 1.54) is 19.1 Å². The molecule has 0 radical (unpaired) electrons. The third-order valence-electron chi connectivity index (χ3n) is 5.78. The van der Waals surface area contributed by atoms with Gasteiger partial charge in [-0.2, -0.15) is 0 Å². The molecule has 1 unspecified atom stereocenters. The van der Waals surface area contributed by atoms with Crippen molar-refractivity contribution in [2.75, 3.05) is 19.1 Å². The Labute approximate surface area is 192 Å². The molecule has 1 aliphatic rings. The number of ether oxygens (including phenoxy) is 2. The van der Waals surface area contributed by atoms with Gasteiger partial charge < -0.3 is 14.6 Å². The summed E-state index contributed by atoms with van der Waals surface area (Å²) in [5, 5.41) is 11.5. The van der Waals surface area contributed by atoms with Gasteiger partial charge in [-0.1, -0.05) is 53.6 Å². The van der Waals surface area contributed by atoms with E-state index >= 15 is 0 Å². The lowest BCUT2D eigenvalue weighted by Crippen LogP contribution is -2.29. The van der Waals surface area contributed by atoms with E-state index in [1.807, 2.05) is 50.2 Å². The first-order valence-electron chi connectivity index (χ1n) is 10.5. The van der Waals surface area contributed by atoms with Crippen LogP contribution in [0.25, 0.3) is 5.76 Å². The van der Waals surface area contributed by atoms with E-state index in [2.05, 4.69) is 0 Å². The van der Waals surface area contributed by atoms with E-state index in [9.17, 15) is 14.7 Å². The molecule has 1 atom stereocenters. The number of Topliss-reactive ketones (excluding diaryl/α,β-unsaturated/α-hetero) is 1. The highest BCUT2D eigenvalue weighted by atomic mass is 16.5. The van der Waals surface area contributed by atoms with E-state index in [0.29, 0.717) is 22.7 Å². The first-order valence-corrected chi connectivity index (χ1v) is 10.5. The van der Waals surface area contributed by atoms with Crippen molar-refractivity contribution in [3.8, 4) is 11.5 Å². The molecule has 6 heteroatoms. The summed E-state index contributed by atoms with van der Waals surface area (Å²) in [7, 11) is 2.93. The number of carbonyl (C=O) groups excluding carboxylic acids is 2. The maximum Gasteiger partial charge on any atom is 0.300 e. The summed E-state index contributed by atoms with van der Waals surface area (Å²) >= 11 is 0. The third kappa shape index (κ3) is 3.84. The van der Waals surface area contributed by atoms with E-state index < -0.39 is 17.7 Å². The van der Waals surface area contributed by atoms with Crippen LogP contribution in [0.5, 0.6) is 11.5 Å². The third-order valence-corrected chi connectivity index (χ3v) is 5.78. The van der Waals surface area contributed by atoms with E-state index in [-0.39, 0.29) is 16.9 Å². The summed E-state index contributed by atoms with van der Waals surface area (Å²) in [6, 6.07) is 19.1. The predicted molar refractivity (Wildman–Crippen MR) is 127 cm³/mol. The highest BCUT2D eigenvalue weighted by molar-refractivity contribution is 6.51. The van der Waals surface area contributed by atoms with Crippen molar-refractivity contribution in [2.24, 2.45) is 0 Å². The van der Waals surface area contributed by atoms with Gasteiger partial charge in [0.1, 0.15) is 22.8 Å². The minimum Gasteiger partial charge on any atom is -0.506 e. The summed E-state index contributed by atoms with van der Waals surface area (Å²) in [5.41, 5.74) is 3.49. The molecule has 1 saturated heterocycles. The molecule has 1 N–H and O–H groups in total. The van der Waals surface area contributed by atoms with Crippen molar-refractivity contribution in [1.82, 2.24) is 0 Å². The van der Waals surface area contributed by atoms with Crippen LogP contribution in [0.1, 0.15) is 28.3 Å². The number of amides is 1. The van der Waals surface area contributed by atoms with Gasteiger partial charge >= 0.3 is 0 Å². The van der Waals surface area contributed by atoms with Gasteiger partial charge in [-0.25, -0.2) is 0 Å². The number of hydrogen-bond donors (Lipinski definition) is 1. The Hall–Kier alpha value is -4.06. The van der Waals surface area contributed by atoms with Crippen molar-refractivity contribution in [3.63, 3.8) is 0 Å². The van der Waals surface area contributed by atoms with E-state index in [0.717, 1.165) is 11.1 Å². The van der Waals surface area contributed by atoms with Crippen LogP contribution >= 0.6 is 0 Å². The fourth-order valence-electron chi connectivity index (χ4n) is 4.18. The molecule has 0 saturated carbocycles. The lowest BCUT2D eigenvalue weighted by molar-refractivity contribution is -0.132. The number of carbonyl (C=O) groups is 2. The highest BCUT2D eigenvalue weighted by Crippen LogP contribution is 2.45. The normalized spacial score (nSPS) is 17.3. The molecule has 0 bridgehead atoms. The summed E-state index contributed by atoms with van der Waals surface area (Å²) in [6.45, 7) is 3.88. The minimum atomic E-state index is -0.817. The zero-order valence-corrected chi connectivity index (χ0v) is 19.0. The van der Waals surface area contributed by atoms with Gasteiger partial charge in [-0.3, -0.25) is 14.5 Å². The zero-order valence-electron chi connectivity index (χ0n) is 19.0. The number of aliphatic hydroxyl groups is 1. The molecule has 0 spiro atoms. The van der Waals surface area contributed by atoms with Crippen molar-refractivity contribution < 1.29 is 24.2 Å². The SMILES string of the molecule is COc1cccc(OC)c1/C(O)=C1\C(=O)C(=O)N(c2ccc(C)cc2)C1c1cccc(C)c1. The average Bonchev–Trinajstić information content (AvgIpc) is 3.09. The molecule has 1 aliphatic heterocycles. The topological polar surface area (TPSA) is 76.1 Å². The monoisotopic (exact) mass is 443 g/mol. The second kappa shape index (κ2) is 8.82. The number of methoxy groups -OCH3 is 2. The van der Waals surface area contributed by atoms with Crippen LogP contribution in [0, 0.1) is 13.8 Å². The second-order valence-electron chi connectivity index (χ2n) is 7.96. The fraction of sp³-hybridized carbons (Fsp3) is 0.185. The van der Waals surface area contributed by atoms with Crippen LogP contribution < -0.4 is 14.4 Å². The Morgan fingerprint density at radius 2 is 1.45 bits per heavy atom. The van der Waals surface area contributed by atoms with Gasteiger partial charge in [0, 0.05) is 5.69 Å². The fourth-order valence-corrected chi connectivity index (χ4v) is 4.18. The molecule has 0 aromatic heterocycles. The summed E-state index contributed by atoms with van der Waals surface area (Å²) < 4.78 is 10.9. The molecule has 4 rings (SSSR count). The highest BCUT2D eigenvalue weighted by Gasteiger charge is 2.47. The molecule has 3 aromatic rings. The maximum atomic E-state index is 13.3. The number of nitrogens with zero attached hydrogens (tertiary/aromatic N) is 1. The number of rotatable bonds is 5. The maximum absolute atomic E-state index is 13.3. The van der Waals surface area contributed by atoms with Gasteiger partial charge in [-0.15, -0.1) is 0 Å². The zero-order chi connectivity index (χ0) is 23.7. The van der Waals surface area contributed by atoms with E-state index in [4.69, 9.17) is 9.47 Å². The largest absolute Gasteiger partial charge is 0.506 e. The van der Waals surface area contributed by atoms with Gasteiger partial charge in [0.05, 0.1) is 25.8 Å². The van der Waals surface area contributed by atoms with Gasteiger partial charge in [0.2, 0.25) is 0 Å². The van der Waals surface area contributed by atoms with Crippen LogP contribution in [-0.4, -0.2) is 31.0 Å². The number of benzene rings is 3. The van der Waals surface area contributed by atoms with Crippen LogP contribution in [0.15, 0.2) is 72.3 Å². The molecular weight excluding hydrogens is 418 g/mol. The standard InChI is InChI=1S/C27H25NO5/c1-16-11-13-19(14-12-16)28-24(18-8-5-7-17(2)15-18)23(26(30)27(28)31)25(29)22-20(32-3)9-6-10-21(22)33-4/h5-15,24,29H,1-4H3/b25-23+. The Morgan fingerprint density at radius 3 is 2.03 bits per heavy atom. The molecule has 1 heterocycles. The molecule has 6 nitrogen and oxygen atoms in total. The van der Waals surface area contributed by atoms with Gasteiger partial charge in [0.15, 0.2) is 0 Å². The Kier molecular flexibility index (Phi) is 5.92. The van der Waals surface area contributed by atoms with Crippen molar-refractivity contribution >= 4 is 23.1 Å². The lowest BCUT2D eigenvalue weighted by Gasteiger charge is -2.26. The second-order valence-corrected chi connectivity index (χ2v) is 7.96. The Morgan fingerprint density at radius 1 is 0.848 bits per heavy atom. The molecule has 0 aliphatic carbocycles. The van der Waals surface area contributed by atoms with Crippen molar-refractivity contribution in [3.05, 3.63) is 94.6 Å². The number of aliphatic hydroxyl groups excluding tert-OH is 1. The van der Waals surface area contributed by atoms with Gasteiger partial charge in [-0.05, 0) is 43.7 Å². The first-order chi connectivity index (χ1) is 15.9. The minimum absolute atomic E-state index is 0.0195. The number of hydrogen-bond acceptors (Lipinski definition) is 5. The van der Waals surface area contributed by atoms with Crippen LogP contribution in [0.3, 0.4) is 0 Å². The van der Waals surface area contributed by atoms with Crippen LogP contribution in [-0.2, 0) is 9.59 Å². The molecule has 168 valence electrons. The lowest BCUT2D eigenvalue weighted by atomic mass is 9.93. The smallest absolute Gasteiger partial charge is 0.300 e. The van der Waals surface area contributed by atoms with Crippen LogP contribution in [0.4, 0.5) is 5.69 Å². The summed E-state index contributed by atoms with van der Waals surface area (Å²) in [5.74, 6) is -1.16. The molecule has 1 fully saturated rings. The Bertz CT molecular complexity index is 1240. The summed E-state index contributed by atoms with van der Waals surface area (Å²) in [4.78, 5) is 28.1. The quantitative estimate of drug-likeness (QED) is 0.343. The number of ketones is 1. The van der Waals surface area contributed by atoms with E-state index in [1.54, 1.807) is 30.3 Å². The van der Waals surface area contributed by atoms with Gasteiger partial charge in [0.25, 0.3) is 11.7 Å². The number of aryl methyl sites for hydroxylation is 2. The Balaban J connectivity index is 2.01. The molecule has 1 amide bonds. The molecular formula is C27H25NO5. The van der Waals surface area contributed by atoms with Crippen LogP contribution in [0.2, 0.25) is 0 Å². The van der Waals surface area contributed by atoms with Crippen molar-refractivity contribution in [2.45, 2.75) is 19.9 Å². The number of anilines is 1. The average molecular weight is 443 g/mol. The predicted octanol–water partition coefficient (Wildman–Crippen LogP) is 4.95.